The Morgan fingerprint density at radius 2 is 1.69 bits per heavy atom. The molecule has 3 aromatic rings. The summed E-state index contributed by atoms with van der Waals surface area (Å²) in [5.74, 6) is -0.720. The number of hydrogen-bond donors (Lipinski definition) is 0. The first-order valence-corrected chi connectivity index (χ1v) is 10.4. The monoisotopic (exact) mass is 433 g/mol. The van der Waals surface area contributed by atoms with Gasteiger partial charge in [0.2, 0.25) is 0 Å². The first-order chi connectivity index (χ1) is 13.8. The number of anilines is 1. The number of carbonyl (C=O) groups excluding carboxylic acids is 1. The highest BCUT2D eigenvalue weighted by Crippen LogP contribution is 2.25. The topological polar surface area (TPSA) is 63.7 Å². The van der Waals surface area contributed by atoms with Crippen LogP contribution in [0.25, 0.3) is 0 Å². The van der Waals surface area contributed by atoms with E-state index in [1.807, 2.05) is 0 Å². The zero-order chi connectivity index (χ0) is 21.0. The molecule has 0 aliphatic heterocycles. The fourth-order valence-electron chi connectivity index (χ4n) is 2.61. The molecule has 0 unspecified atom stereocenters. The van der Waals surface area contributed by atoms with Crippen LogP contribution in [0, 0.1) is 5.82 Å². The van der Waals surface area contributed by atoms with Crippen molar-refractivity contribution in [1.29, 1.82) is 0 Å². The van der Waals surface area contributed by atoms with Crippen molar-refractivity contribution in [1.82, 2.24) is 0 Å². The Bertz CT molecular complexity index is 1120. The molecule has 0 aromatic heterocycles. The Labute approximate surface area is 173 Å². The predicted molar refractivity (Wildman–Crippen MR) is 109 cm³/mol. The summed E-state index contributed by atoms with van der Waals surface area (Å²) in [6.45, 7) is 0. The summed E-state index contributed by atoms with van der Waals surface area (Å²) in [6.07, 6.45) is -0.0790. The normalized spacial score (nSPS) is 11.1. The number of hydrogen-bond acceptors (Lipinski definition) is 4. The van der Waals surface area contributed by atoms with E-state index in [1.165, 1.54) is 73.8 Å². The lowest BCUT2D eigenvalue weighted by Gasteiger charge is -2.19. The van der Waals surface area contributed by atoms with Crippen LogP contribution in [0.15, 0.2) is 77.7 Å². The molecule has 0 radical (unpaired) electrons. The van der Waals surface area contributed by atoms with Crippen LogP contribution in [0.5, 0.6) is 5.75 Å². The van der Waals surface area contributed by atoms with E-state index < -0.39 is 21.8 Å². The van der Waals surface area contributed by atoms with E-state index in [1.54, 1.807) is 6.07 Å². The van der Waals surface area contributed by atoms with Crippen LogP contribution in [0.4, 0.5) is 10.1 Å². The summed E-state index contributed by atoms with van der Waals surface area (Å²) < 4.78 is 45.0. The van der Waals surface area contributed by atoms with Crippen LogP contribution < -0.4 is 9.04 Å². The Morgan fingerprint density at radius 1 is 1.03 bits per heavy atom. The van der Waals surface area contributed by atoms with Crippen molar-refractivity contribution < 1.29 is 22.3 Å². The van der Waals surface area contributed by atoms with Gasteiger partial charge in [-0.2, -0.15) is 0 Å². The van der Waals surface area contributed by atoms with Crippen molar-refractivity contribution in [3.05, 3.63) is 89.2 Å². The van der Waals surface area contributed by atoms with Crippen molar-refractivity contribution in [2.45, 2.75) is 11.3 Å². The second-order valence-corrected chi connectivity index (χ2v) is 8.61. The first kappa shape index (κ1) is 20.8. The molecule has 150 valence electrons. The zero-order valence-electron chi connectivity index (χ0n) is 15.4. The SMILES string of the molecule is CN(c1ccc(OC(=O)Cc2cccc(F)c2)cc1)S(=O)(=O)c1ccc(Cl)cc1. The summed E-state index contributed by atoms with van der Waals surface area (Å²) in [7, 11) is -2.33. The standard InChI is InChI=1S/C21H17ClFNO4S/c1-24(29(26,27)20-11-5-16(22)6-12-20)18-7-9-19(10-8-18)28-21(25)14-15-3-2-4-17(23)13-15/h2-13H,14H2,1H3. The molecule has 3 aromatic carbocycles. The highest BCUT2D eigenvalue weighted by Gasteiger charge is 2.21. The van der Waals surface area contributed by atoms with Gasteiger partial charge >= 0.3 is 5.97 Å². The molecule has 0 heterocycles. The quantitative estimate of drug-likeness (QED) is 0.425. The van der Waals surface area contributed by atoms with E-state index in [4.69, 9.17) is 16.3 Å². The minimum atomic E-state index is -3.76. The molecule has 0 atom stereocenters. The van der Waals surface area contributed by atoms with Gasteiger partial charge < -0.3 is 4.74 Å². The van der Waals surface area contributed by atoms with E-state index in [0.29, 0.717) is 16.3 Å². The first-order valence-electron chi connectivity index (χ1n) is 8.55. The maximum Gasteiger partial charge on any atom is 0.315 e. The van der Waals surface area contributed by atoms with Gasteiger partial charge in [0.15, 0.2) is 0 Å². The number of rotatable bonds is 6. The molecular weight excluding hydrogens is 417 g/mol. The van der Waals surface area contributed by atoms with Gasteiger partial charge in [-0.15, -0.1) is 0 Å². The van der Waals surface area contributed by atoms with E-state index in [2.05, 4.69) is 0 Å². The smallest absolute Gasteiger partial charge is 0.315 e. The molecule has 0 bridgehead atoms. The van der Waals surface area contributed by atoms with Crippen molar-refractivity contribution in [3.8, 4) is 5.75 Å². The van der Waals surface area contributed by atoms with Crippen LogP contribution in [0.2, 0.25) is 5.02 Å². The lowest BCUT2D eigenvalue weighted by molar-refractivity contribution is -0.133. The summed E-state index contributed by atoms with van der Waals surface area (Å²) in [5, 5.41) is 0.441. The summed E-state index contributed by atoms with van der Waals surface area (Å²) >= 11 is 5.81. The molecule has 0 aliphatic rings. The third-order valence-electron chi connectivity index (χ3n) is 4.14. The molecule has 0 spiro atoms. The third kappa shape index (κ3) is 5.13. The van der Waals surface area contributed by atoms with Crippen molar-refractivity contribution in [2.75, 3.05) is 11.4 Å². The molecule has 0 amide bonds. The molecule has 29 heavy (non-hydrogen) atoms. The zero-order valence-corrected chi connectivity index (χ0v) is 17.0. The number of sulfonamides is 1. The number of benzene rings is 3. The minimum absolute atomic E-state index is 0.0790. The second kappa shape index (κ2) is 8.63. The maximum atomic E-state index is 13.2. The van der Waals surface area contributed by atoms with Crippen molar-refractivity contribution >= 4 is 33.3 Å². The third-order valence-corrected chi connectivity index (χ3v) is 6.19. The molecule has 0 N–H and O–H groups in total. The maximum absolute atomic E-state index is 13.2. The summed E-state index contributed by atoms with van der Waals surface area (Å²) in [4.78, 5) is 12.1. The number of carbonyl (C=O) groups is 1. The van der Waals surface area contributed by atoms with Crippen LogP contribution in [0.3, 0.4) is 0 Å². The average Bonchev–Trinajstić information content (AvgIpc) is 2.68. The second-order valence-electron chi connectivity index (χ2n) is 6.20. The summed E-state index contributed by atoms with van der Waals surface area (Å²) in [5.41, 5.74) is 0.894. The highest BCUT2D eigenvalue weighted by atomic mass is 35.5. The number of esters is 1. The molecular formula is C21H17ClFNO4S. The highest BCUT2D eigenvalue weighted by molar-refractivity contribution is 7.92. The lowest BCUT2D eigenvalue weighted by Crippen LogP contribution is -2.26. The lowest BCUT2D eigenvalue weighted by atomic mass is 10.1. The van der Waals surface area contributed by atoms with E-state index in [0.717, 1.165) is 4.31 Å². The molecule has 3 rings (SSSR count). The molecule has 8 heteroatoms. The molecule has 5 nitrogen and oxygen atoms in total. The largest absolute Gasteiger partial charge is 0.426 e. The van der Waals surface area contributed by atoms with Crippen LogP contribution in [-0.2, 0) is 21.2 Å². The summed E-state index contributed by atoms with van der Waals surface area (Å²) in [6, 6.07) is 17.6. The van der Waals surface area contributed by atoms with Gasteiger partial charge in [-0.05, 0) is 66.2 Å². The van der Waals surface area contributed by atoms with E-state index in [9.17, 15) is 17.6 Å². The minimum Gasteiger partial charge on any atom is -0.426 e. The fraction of sp³-hybridized carbons (Fsp3) is 0.0952. The Balaban J connectivity index is 1.69. The van der Waals surface area contributed by atoms with Gasteiger partial charge in [0.05, 0.1) is 17.0 Å². The van der Waals surface area contributed by atoms with Gasteiger partial charge in [-0.3, -0.25) is 9.10 Å². The van der Waals surface area contributed by atoms with Gasteiger partial charge in [-0.25, -0.2) is 12.8 Å². The van der Waals surface area contributed by atoms with E-state index >= 15 is 0 Å². The molecule has 0 fully saturated rings. The van der Waals surface area contributed by atoms with Crippen molar-refractivity contribution in [3.63, 3.8) is 0 Å². The van der Waals surface area contributed by atoms with Gasteiger partial charge in [0.1, 0.15) is 11.6 Å². The van der Waals surface area contributed by atoms with Crippen LogP contribution in [0.1, 0.15) is 5.56 Å². The van der Waals surface area contributed by atoms with Crippen molar-refractivity contribution in [2.24, 2.45) is 0 Å². The van der Waals surface area contributed by atoms with Gasteiger partial charge in [-0.1, -0.05) is 23.7 Å². The predicted octanol–water partition coefficient (Wildman–Crippen LogP) is 4.45. The fourth-order valence-corrected chi connectivity index (χ4v) is 3.93. The Hall–Kier alpha value is -2.90. The van der Waals surface area contributed by atoms with E-state index in [-0.39, 0.29) is 17.1 Å². The number of ether oxygens (including phenoxy) is 1. The Morgan fingerprint density at radius 3 is 2.31 bits per heavy atom. The molecule has 0 aliphatic carbocycles. The average molecular weight is 434 g/mol. The number of halogens is 2. The Kier molecular flexibility index (Phi) is 6.20. The molecule has 0 saturated heterocycles. The molecule has 0 saturated carbocycles. The van der Waals surface area contributed by atoms with Gasteiger partial charge in [0, 0.05) is 12.1 Å². The van der Waals surface area contributed by atoms with Crippen LogP contribution in [-0.4, -0.2) is 21.4 Å². The van der Waals surface area contributed by atoms with Crippen LogP contribution >= 0.6 is 11.6 Å². The van der Waals surface area contributed by atoms with Gasteiger partial charge in [0.25, 0.3) is 10.0 Å². The number of nitrogens with zero attached hydrogens (tertiary/aromatic N) is 1.